The van der Waals surface area contributed by atoms with Crippen LogP contribution in [0.3, 0.4) is 0 Å². The van der Waals surface area contributed by atoms with Crippen LogP contribution in [0.2, 0.25) is 0 Å². The highest BCUT2D eigenvalue weighted by Gasteiger charge is 2.65. The maximum Gasteiger partial charge on any atom is 0.143 e. The van der Waals surface area contributed by atoms with E-state index in [1.54, 1.807) is 0 Å². The standard InChI is InChI=1S/C21H28O2/c1-4-20(23)13-10-16-15-8-7-14(2)21(11-5-6-18(21)22)17(15)9-12-19(16,20)3/h1,15-17,23H,2,5-13H2,3H3/t15-,16-,17-,19-,20?,21?/m0/s1. The fourth-order valence-corrected chi connectivity index (χ4v) is 7.04. The van der Waals surface area contributed by atoms with Crippen molar-refractivity contribution in [2.75, 3.05) is 0 Å². The Balaban J connectivity index is 1.74. The summed E-state index contributed by atoms with van der Waals surface area (Å²) in [5.74, 6) is 4.61. The predicted octanol–water partition coefficient (Wildman–Crippen LogP) is 3.88. The number of hydrogen-bond acceptors (Lipinski definition) is 2. The molecule has 2 unspecified atom stereocenters. The van der Waals surface area contributed by atoms with E-state index in [1.165, 1.54) is 5.57 Å². The van der Waals surface area contributed by atoms with E-state index in [9.17, 15) is 9.90 Å². The van der Waals surface area contributed by atoms with Crippen LogP contribution in [-0.2, 0) is 4.79 Å². The van der Waals surface area contributed by atoms with Gasteiger partial charge in [-0.1, -0.05) is 25.0 Å². The molecular formula is C21H28O2. The molecule has 0 aromatic heterocycles. The zero-order chi connectivity index (χ0) is 16.5. The molecule has 124 valence electrons. The number of fused-ring (bicyclic) bond motifs is 4. The van der Waals surface area contributed by atoms with Crippen molar-refractivity contribution in [1.82, 2.24) is 0 Å². The largest absolute Gasteiger partial charge is 0.377 e. The van der Waals surface area contributed by atoms with Crippen molar-refractivity contribution < 1.29 is 9.90 Å². The SMILES string of the molecule is C#CC1(O)CC[C@H]2[C@@H]3CCC(=C)C4(CCCC4=O)[C@H]3CC[C@@]21C. The highest BCUT2D eigenvalue weighted by Crippen LogP contribution is 2.68. The molecule has 0 radical (unpaired) electrons. The summed E-state index contributed by atoms with van der Waals surface area (Å²) in [6.45, 7) is 6.54. The number of ketones is 1. The second kappa shape index (κ2) is 4.73. The first-order valence-corrected chi connectivity index (χ1v) is 9.31. The molecule has 1 N–H and O–H groups in total. The van der Waals surface area contributed by atoms with E-state index in [0.717, 1.165) is 57.8 Å². The first-order chi connectivity index (χ1) is 10.9. The molecule has 0 aromatic carbocycles. The van der Waals surface area contributed by atoms with E-state index in [-0.39, 0.29) is 10.8 Å². The molecule has 4 aliphatic carbocycles. The lowest BCUT2D eigenvalue weighted by Crippen LogP contribution is -2.55. The van der Waals surface area contributed by atoms with Crippen LogP contribution in [0, 0.1) is 40.9 Å². The van der Waals surface area contributed by atoms with Crippen LogP contribution in [0.15, 0.2) is 12.2 Å². The lowest BCUT2D eigenvalue weighted by Gasteiger charge is -2.57. The second-order valence-electron chi connectivity index (χ2n) is 8.77. The molecule has 4 saturated carbocycles. The van der Waals surface area contributed by atoms with Crippen molar-refractivity contribution in [1.29, 1.82) is 0 Å². The fourth-order valence-electron chi connectivity index (χ4n) is 7.04. The van der Waals surface area contributed by atoms with Crippen LogP contribution in [0.4, 0.5) is 0 Å². The molecule has 0 heterocycles. The Morgan fingerprint density at radius 2 is 1.91 bits per heavy atom. The summed E-state index contributed by atoms with van der Waals surface area (Å²) in [7, 11) is 0. The molecule has 2 heteroatoms. The Bertz CT molecular complexity index is 614. The summed E-state index contributed by atoms with van der Waals surface area (Å²) in [6.07, 6.45) is 14.3. The minimum Gasteiger partial charge on any atom is -0.377 e. The van der Waals surface area contributed by atoms with E-state index < -0.39 is 5.60 Å². The fraction of sp³-hybridized carbons (Fsp3) is 0.762. The summed E-state index contributed by atoms with van der Waals surface area (Å²) in [5.41, 5.74) is -0.162. The number of carbonyl (C=O) groups excluding carboxylic acids is 1. The Labute approximate surface area is 139 Å². The molecule has 6 atom stereocenters. The van der Waals surface area contributed by atoms with Gasteiger partial charge in [0.15, 0.2) is 0 Å². The molecule has 0 aliphatic heterocycles. The van der Waals surface area contributed by atoms with Crippen LogP contribution >= 0.6 is 0 Å². The van der Waals surface area contributed by atoms with Crippen molar-refractivity contribution in [3.8, 4) is 12.3 Å². The third-order valence-corrected chi connectivity index (χ3v) is 8.34. The molecule has 0 saturated heterocycles. The van der Waals surface area contributed by atoms with Gasteiger partial charge in [0.25, 0.3) is 0 Å². The van der Waals surface area contributed by atoms with Crippen molar-refractivity contribution >= 4 is 5.78 Å². The molecule has 0 aromatic rings. The van der Waals surface area contributed by atoms with Gasteiger partial charge in [0.2, 0.25) is 0 Å². The number of aliphatic hydroxyl groups is 1. The smallest absolute Gasteiger partial charge is 0.143 e. The van der Waals surface area contributed by atoms with Crippen LogP contribution in [0.25, 0.3) is 0 Å². The number of terminal acetylenes is 1. The van der Waals surface area contributed by atoms with Crippen molar-refractivity contribution in [2.45, 2.75) is 70.3 Å². The van der Waals surface area contributed by atoms with Crippen LogP contribution < -0.4 is 0 Å². The molecule has 2 nitrogen and oxygen atoms in total. The monoisotopic (exact) mass is 312 g/mol. The number of allylic oxidation sites excluding steroid dienone is 1. The predicted molar refractivity (Wildman–Crippen MR) is 90.5 cm³/mol. The zero-order valence-electron chi connectivity index (χ0n) is 14.2. The lowest BCUT2D eigenvalue weighted by atomic mass is 9.47. The zero-order valence-corrected chi connectivity index (χ0v) is 14.2. The lowest BCUT2D eigenvalue weighted by molar-refractivity contribution is -0.137. The average molecular weight is 312 g/mol. The topological polar surface area (TPSA) is 37.3 Å². The summed E-state index contributed by atoms with van der Waals surface area (Å²) >= 11 is 0. The van der Waals surface area contributed by atoms with Crippen molar-refractivity contribution in [3.05, 3.63) is 12.2 Å². The number of hydrogen-bond donors (Lipinski definition) is 1. The molecule has 4 rings (SSSR count). The normalized spacial score (nSPS) is 52.3. The molecule has 1 spiro atoms. The van der Waals surface area contributed by atoms with Crippen molar-refractivity contribution in [3.63, 3.8) is 0 Å². The van der Waals surface area contributed by atoms with Gasteiger partial charge in [0, 0.05) is 11.8 Å². The van der Waals surface area contributed by atoms with Crippen LogP contribution in [0.5, 0.6) is 0 Å². The third-order valence-electron chi connectivity index (χ3n) is 8.34. The molecule has 0 amide bonds. The highest BCUT2D eigenvalue weighted by molar-refractivity contribution is 5.90. The summed E-state index contributed by atoms with van der Waals surface area (Å²) < 4.78 is 0. The Hall–Kier alpha value is -1.07. The van der Waals surface area contributed by atoms with Gasteiger partial charge in [-0.15, -0.1) is 6.42 Å². The third kappa shape index (κ3) is 1.67. The van der Waals surface area contributed by atoms with E-state index in [2.05, 4.69) is 19.4 Å². The maximum absolute atomic E-state index is 12.8. The highest BCUT2D eigenvalue weighted by atomic mass is 16.3. The molecule has 23 heavy (non-hydrogen) atoms. The van der Waals surface area contributed by atoms with Gasteiger partial charge in [0.05, 0.1) is 5.41 Å². The summed E-state index contributed by atoms with van der Waals surface area (Å²) in [6, 6.07) is 0. The number of Topliss-reactive ketones (excluding diaryl/α,β-unsaturated/α-hetero) is 1. The number of rotatable bonds is 0. The van der Waals surface area contributed by atoms with E-state index in [0.29, 0.717) is 23.5 Å². The minimum atomic E-state index is -0.954. The van der Waals surface area contributed by atoms with Crippen LogP contribution in [-0.4, -0.2) is 16.5 Å². The number of carbonyl (C=O) groups is 1. The van der Waals surface area contributed by atoms with Gasteiger partial charge < -0.3 is 5.11 Å². The van der Waals surface area contributed by atoms with Gasteiger partial charge in [-0.2, -0.15) is 0 Å². The van der Waals surface area contributed by atoms with Crippen LogP contribution in [0.1, 0.15) is 64.7 Å². The first-order valence-electron chi connectivity index (χ1n) is 9.31. The van der Waals surface area contributed by atoms with Gasteiger partial charge in [-0.25, -0.2) is 0 Å². The second-order valence-corrected chi connectivity index (χ2v) is 8.77. The minimum absolute atomic E-state index is 0.176. The van der Waals surface area contributed by atoms with Crippen molar-refractivity contribution in [2.24, 2.45) is 28.6 Å². The van der Waals surface area contributed by atoms with E-state index in [1.807, 2.05) is 0 Å². The average Bonchev–Trinajstić information content (AvgIpc) is 3.04. The Morgan fingerprint density at radius 1 is 1.17 bits per heavy atom. The quantitative estimate of drug-likeness (QED) is 0.544. The molecular weight excluding hydrogens is 284 g/mol. The van der Waals surface area contributed by atoms with Gasteiger partial charge in [-0.05, 0) is 69.1 Å². The maximum atomic E-state index is 12.8. The van der Waals surface area contributed by atoms with Gasteiger partial charge in [0.1, 0.15) is 11.4 Å². The van der Waals surface area contributed by atoms with E-state index >= 15 is 0 Å². The Kier molecular flexibility index (Phi) is 3.18. The molecule has 0 bridgehead atoms. The summed E-state index contributed by atoms with van der Waals surface area (Å²) in [4.78, 5) is 12.8. The Morgan fingerprint density at radius 3 is 2.57 bits per heavy atom. The van der Waals surface area contributed by atoms with E-state index in [4.69, 9.17) is 6.42 Å². The van der Waals surface area contributed by atoms with Gasteiger partial charge in [-0.3, -0.25) is 4.79 Å². The molecule has 4 aliphatic rings. The summed E-state index contributed by atoms with van der Waals surface area (Å²) in [5, 5.41) is 11.0. The molecule has 4 fully saturated rings. The first kappa shape index (κ1) is 15.5. The van der Waals surface area contributed by atoms with Gasteiger partial charge >= 0.3 is 0 Å².